The molecular formula is C10H18ClN3O6. The lowest BCUT2D eigenvalue weighted by molar-refractivity contribution is -0.241. The first-order valence-electron chi connectivity index (χ1n) is 6.01. The number of methoxy groups -OCH3 is 1. The number of rotatable bonds is 6. The Balaban J connectivity index is 2.67. The highest BCUT2D eigenvalue weighted by molar-refractivity contribution is 6.18. The molecule has 0 saturated carbocycles. The van der Waals surface area contributed by atoms with E-state index < -0.39 is 30.6 Å². The molecule has 2 amide bonds. The zero-order valence-corrected chi connectivity index (χ0v) is 11.7. The van der Waals surface area contributed by atoms with Crippen molar-refractivity contribution >= 4 is 17.6 Å². The molecule has 20 heavy (non-hydrogen) atoms. The highest BCUT2D eigenvalue weighted by Gasteiger charge is 2.39. The Morgan fingerprint density at radius 2 is 2.35 bits per heavy atom. The number of aliphatic hydroxyl groups excluding tert-OH is 2. The van der Waals surface area contributed by atoms with Crippen LogP contribution in [0.15, 0.2) is 5.29 Å². The number of halogens is 1. The molecule has 1 aliphatic heterocycles. The number of urea groups is 1. The molecule has 0 radical (unpaired) electrons. The van der Waals surface area contributed by atoms with Gasteiger partial charge in [-0.25, -0.2) is 4.79 Å². The molecule has 0 aromatic carbocycles. The maximum absolute atomic E-state index is 11.8. The monoisotopic (exact) mass is 311 g/mol. The van der Waals surface area contributed by atoms with Gasteiger partial charge < -0.3 is 25.0 Å². The Morgan fingerprint density at radius 1 is 1.65 bits per heavy atom. The number of hydrogen-bond donors (Lipinski definition) is 3. The summed E-state index contributed by atoms with van der Waals surface area (Å²) < 4.78 is 10.2. The van der Waals surface area contributed by atoms with E-state index in [2.05, 4.69) is 10.6 Å². The van der Waals surface area contributed by atoms with Gasteiger partial charge in [-0.15, -0.1) is 16.5 Å². The van der Waals surface area contributed by atoms with Crippen LogP contribution in [0.1, 0.15) is 6.42 Å². The fraction of sp³-hybridized carbons (Fsp3) is 0.900. The zero-order chi connectivity index (χ0) is 15.1. The number of nitrogens with zero attached hydrogens (tertiary/aromatic N) is 2. The first kappa shape index (κ1) is 17.1. The van der Waals surface area contributed by atoms with Crippen LogP contribution >= 0.6 is 11.6 Å². The second-order valence-corrected chi connectivity index (χ2v) is 4.60. The van der Waals surface area contributed by atoms with Gasteiger partial charge in [0.15, 0.2) is 6.29 Å². The smallest absolute Gasteiger partial charge is 0.340 e. The quantitative estimate of drug-likeness (QED) is 0.342. The number of ether oxygens (including phenoxy) is 2. The molecule has 0 aliphatic carbocycles. The normalized spacial score (nSPS) is 29.8. The van der Waals surface area contributed by atoms with Crippen LogP contribution in [0.3, 0.4) is 0 Å². The first-order valence-corrected chi connectivity index (χ1v) is 6.55. The van der Waals surface area contributed by atoms with Crippen molar-refractivity contribution in [2.45, 2.75) is 31.0 Å². The second kappa shape index (κ2) is 8.32. The van der Waals surface area contributed by atoms with Crippen molar-refractivity contribution in [3.63, 3.8) is 0 Å². The van der Waals surface area contributed by atoms with Crippen LogP contribution in [0.25, 0.3) is 0 Å². The molecule has 1 saturated heterocycles. The molecule has 116 valence electrons. The zero-order valence-electron chi connectivity index (χ0n) is 10.9. The molecule has 0 unspecified atom stereocenters. The van der Waals surface area contributed by atoms with Gasteiger partial charge in [0, 0.05) is 13.0 Å². The lowest BCUT2D eigenvalue weighted by Crippen LogP contribution is -2.58. The summed E-state index contributed by atoms with van der Waals surface area (Å²) in [6.45, 7) is -0.330. The molecule has 0 spiro atoms. The fourth-order valence-corrected chi connectivity index (χ4v) is 2.05. The van der Waals surface area contributed by atoms with E-state index in [0.29, 0.717) is 5.01 Å². The second-order valence-electron chi connectivity index (χ2n) is 4.22. The van der Waals surface area contributed by atoms with Gasteiger partial charge in [-0.2, -0.15) is 5.01 Å². The van der Waals surface area contributed by atoms with Crippen molar-refractivity contribution in [2.24, 2.45) is 5.29 Å². The standard InChI is InChI=1S/C10H18ClN3O6/c1-19-9-8(16)7(4-6(5-15)20-9)12-10(17)14(13-18)3-2-11/h6-9,15-16H,2-5H2,1H3,(H,12,17)/t6-,7-,8+,9+/m0/s1. The van der Waals surface area contributed by atoms with Crippen molar-refractivity contribution < 1.29 is 24.5 Å². The number of amides is 2. The van der Waals surface area contributed by atoms with E-state index in [9.17, 15) is 14.8 Å². The summed E-state index contributed by atoms with van der Waals surface area (Å²) in [4.78, 5) is 22.3. The number of alkyl halides is 1. The van der Waals surface area contributed by atoms with Crippen LogP contribution in [0.2, 0.25) is 0 Å². The third-order valence-corrected chi connectivity index (χ3v) is 3.08. The molecule has 10 heteroatoms. The predicted molar refractivity (Wildman–Crippen MR) is 68.9 cm³/mol. The van der Waals surface area contributed by atoms with E-state index in [1.54, 1.807) is 0 Å². The van der Waals surface area contributed by atoms with E-state index in [-0.39, 0.29) is 25.5 Å². The van der Waals surface area contributed by atoms with E-state index in [4.69, 9.17) is 26.2 Å². The number of carbonyl (C=O) groups is 1. The van der Waals surface area contributed by atoms with Crippen molar-refractivity contribution in [2.75, 3.05) is 26.1 Å². The number of carbonyl (C=O) groups excluding carboxylic acids is 1. The predicted octanol–water partition coefficient (Wildman–Crippen LogP) is -0.599. The van der Waals surface area contributed by atoms with Crippen LogP contribution < -0.4 is 5.32 Å². The average Bonchev–Trinajstić information content (AvgIpc) is 2.46. The largest absolute Gasteiger partial charge is 0.394 e. The molecule has 1 fully saturated rings. The van der Waals surface area contributed by atoms with Gasteiger partial charge in [-0.3, -0.25) is 0 Å². The molecular weight excluding hydrogens is 294 g/mol. The van der Waals surface area contributed by atoms with Crippen molar-refractivity contribution in [3.8, 4) is 0 Å². The SMILES string of the molecule is CO[C@@H]1O[C@H](CO)C[C@H](NC(=O)N(CCCl)N=O)[C@H]1O. The molecule has 0 aromatic heterocycles. The van der Waals surface area contributed by atoms with Crippen molar-refractivity contribution in [3.05, 3.63) is 4.91 Å². The van der Waals surface area contributed by atoms with Gasteiger partial charge in [-0.1, -0.05) is 0 Å². The number of nitroso groups, excluding NO2 is 1. The highest BCUT2D eigenvalue weighted by atomic mass is 35.5. The highest BCUT2D eigenvalue weighted by Crippen LogP contribution is 2.21. The molecule has 0 bridgehead atoms. The fourth-order valence-electron chi connectivity index (χ4n) is 1.89. The number of nitrogens with one attached hydrogen (secondary N) is 1. The van der Waals surface area contributed by atoms with Gasteiger partial charge in [0.05, 0.1) is 30.6 Å². The summed E-state index contributed by atoms with van der Waals surface area (Å²) in [5, 5.41) is 24.7. The van der Waals surface area contributed by atoms with Crippen LogP contribution in [-0.2, 0) is 9.47 Å². The Kier molecular flexibility index (Phi) is 7.10. The summed E-state index contributed by atoms with van der Waals surface area (Å²) in [7, 11) is 1.33. The lowest BCUT2D eigenvalue weighted by atomic mass is 10.00. The van der Waals surface area contributed by atoms with Gasteiger partial charge in [-0.05, 0) is 6.42 Å². The average molecular weight is 312 g/mol. The van der Waals surface area contributed by atoms with E-state index in [1.807, 2.05) is 0 Å². The number of aliphatic hydroxyl groups is 2. The molecule has 1 aliphatic rings. The molecule has 9 nitrogen and oxygen atoms in total. The summed E-state index contributed by atoms with van der Waals surface area (Å²) in [6.07, 6.45) is -2.51. The van der Waals surface area contributed by atoms with E-state index in [1.165, 1.54) is 7.11 Å². The van der Waals surface area contributed by atoms with E-state index >= 15 is 0 Å². The third kappa shape index (κ3) is 4.25. The van der Waals surface area contributed by atoms with Crippen molar-refractivity contribution in [1.29, 1.82) is 0 Å². The molecule has 1 rings (SSSR count). The Hall–Kier alpha value is -1.00. The minimum atomic E-state index is -1.13. The maximum Gasteiger partial charge on any atom is 0.340 e. The Morgan fingerprint density at radius 3 is 2.85 bits per heavy atom. The summed E-state index contributed by atoms with van der Waals surface area (Å²) in [5.74, 6) is 0.0510. The molecule has 0 aromatic rings. The van der Waals surface area contributed by atoms with Crippen molar-refractivity contribution in [1.82, 2.24) is 10.3 Å². The topological polar surface area (TPSA) is 121 Å². The maximum atomic E-state index is 11.8. The van der Waals surface area contributed by atoms with Gasteiger partial charge in [0.2, 0.25) is 0 Å². The molecule has 4 atom stereocenters. The number of hydrogen-bond acceptors (Lipinski definition) is 7. The summed E-state index contributed by atoms with van der Waals surface area (Å²) in [5.41, 5.74) is 0. The third-order valence-electron chi connectivity index (χ3n) is 2.91. The minimum Gasteiger partial charge on any atom is -0.394 e. The van der Waals surface area contributed by atoms with Gasteiger partial charge in [0.1, 0.15) is 6.10 Å². The van der Waals surface area contributed by atoms with Crippen LogP contribution in [0, 0.1) is 4.91 Å². The Labute approximate surface area is 120 Å². The van der Waals surface area contributed by atoms with E-state index in [0.717, 1.165) is 0 Å². The first-order chi connectivity index (χ1) is 9.57. The van der Waals surface area contributed by atoms with Crippen LogP contribution in [0.4, 0.5) is 4.79 Å². The van der Waals surface area contributed by atoms with Gasteiger partial charge in [0.25, 0.3) is 0 Å². The molecule has 3 N–H and O–H groups in total. The van der Waals surface area contributed by atoms with Gasteiger partial charge >= 0.3 is 6.03 Å². The Bertz CT molecular complexity index is 334. The summed E-state index contributed by atoms with van der Waals surface area (Å²) in [6, 6.07) is -1.52. The minimum absolute atomic E-state index is 0.0483. The lowest BCUT2D eigenvalue weighted by Gasteiger charge is -2.38. The summed E-state index contributed by atoms with van der Waals surface area (Å²) >= 11 is 5.44. The van der Waals surface area contributed by atoms with Crippen LogP contribution in [0.5, 0.6) is 0 Å². The van der Waals surface area contributed by atoms with Crippen LogP contribution in [-0.4, -0.2) is 71.9 Å². The molecule has 1 heterocycles.